The number of amides is 1. The van der Waals surface area contributed by atoms with Gasteiger partial charge in [-0.1, -0.05) is 29.8 Å². The standard InChI is InChI=1S/C17H25ClN4O2/c1-3-24-17(23)22-15(12-8-9-12)11-21-16(19-2)20-10-13-6-4-5-7-14(13)18/h4-7,12,15H,3,8-11H2,1-2H3,(H,22,23)(H2,19,20,21). The van der Waals surface area contributed by atoms with Crippen molar-refractivity contribution in [3.63, 3.8) is 0 Å². The van der Waals surface area contributed by atoms with Gasteiger partial charge in [0.15, 0.2) is 5.96 Å². The van der Waals surface area contributed by atoms with Gasteiger partial charge in [-0.05, 0) is 37.3 Å². The van der Waals surface area contributed by atoms with Crippen LogP contribution in [0.3, 0.4) is 0 Å². The second-order valence-electron chi connectivity index (χ2n) is 5.71. The highest BCUT2D eigenvalue weighted by Gasteiger charge is 2.32. The molecule has 0 spiro atoms. The lowest BCUT2D eigenvalue weighted by molar-refractivity contribution is 0.146. The summed E-state index contributed by atoms with van der Waals surface area (Å²) in [4.78, 5) is 15.8. The van der Waals surface area contributed by atoms with E-state index in [9.17, 15) is 4.79 Å². The van der Waals surface area contributed by atoms with E-state index in [1.165, 1.54) is 0 Å². The first-order valence-corrected chi connectivity index (χ1v) is 8.63. The SMILES string of the molecule is CCOC(=O)NC(CNC(=NC)NCc1ccccc1Cl)C1CC1. The number of hydrogen-bond acceptors (Lipinski definition) is 3. The van der Waals surface area contributed by atoms with Crippen molar-refractivity contribution in [2.75, 3.05) is 20.2 Å². The molecule has 0 heterocycles. The third-order valence-electron chi connectivity index (χ3n) is 3.89. The molecule has 132 valence electrons. The highest BCUT2D eigenvalue weighted by atomic mass is 35.5. The number of guanidine groups is 1. The minimum absolute atomic E-state index is 0.0444. The van der Waals surface area contributed by atoms with E-state index in [2.05, 4.69) is 20.9 Å². The molecule has 1 aromatic rings. The summed E-state index contributed by atoms with van der Waals surface area (Å²) in [5.41, 5.74) is 1.01. The van der Waals surface area contributed by atoms with Crippen LogP contribution in [0.4, 0.5) is 4.79 Å². The van der Waals surface area contributed by atoms with Gasteiger partial charge in [0.1, 0.15) is 0 Å². The molecule has 0 aliphatic heterocycles. The van der Waals surface area contributed by atoms with E-state index < -0.39 is 0 Å². The van der Waals surface area contributed by atoms with E-state index in [-0.39, 0.29) is 12.1 Å². The van der Waals surface area contributed by atoms with Crippen LogP contribution >= 0.6 is 11.6 Å². The molecular formula is C17H25ClN4O2. The number of hydrogen-bond donors (Lipinski definition) is 3. The van der Waals surface area contributed by atoms with Crippen molar-refractivity contribution in [3.05, 3.63) is 34.9 Å². The number of rotatable bonds is 7. The van der Waals surface area contributed by atoms with Gasteiger partial charge in [0.25, 0.3) is 0 Å². The van der Waals surface area contributed by atoms with E-state index in [4.69, 9.17) is 16.3 Å². The minimum Gasteiger partial charge on any atom is -0.450 e. The third kappa shape index (κ3) is 5.92. The molecule has 2 rings (SSSR count). The fourth-order valence-electron chi connectivity index (χ4n) is 2.41. The van der Waals surface area contributed by atoms with E-state index in [0.29, 0.717) is 31.6 Å². The number of benzene rings is 1. The molecule has 0 aromatic heterocycles. The van der Waals surface area contributed by atoms with Crippen LogP contribution in [0.1, 0.15) is 25.3 Å². The molecule has 0 saturated heterocycles. The number of halogens is 1. The molecule has 7 heteroatoms. The van der Waals surface area contributed by atoms with Crippen LogP contribution in [0.15, 0.2) is 29.3 Å². The first kappa shape index (κ1) is 18.4. The van der Waals surface area contributed by atoms with Crippen LogP contribution in [0.25, 0.3) is 0 Å². The lowest BCUT2D eigenvalue weighted by Gasteiger charge is -2.20. The number of alkyl carbamates (subject to hydrolysis) is 1. The highest BCUT2D eigenvalue weighted by molar-refractivity contribution is 6.31. The van der Waals surface area contributed by atoms with Gasteiger partial charge in [0.05, 0.1) is 12.6 Å². The summed E-state index contributed by atoms with van der Waals surface area (Å²) in [6.45, 7) is 3.35. The lowest BCUT2D eigenvalue weighted by Crippen LogP contribution is -2.48. The maximum absolute atomic E-state index is 11.6. The van der Waals surface area contributed by atoms with E-state index in [1.807, 2.05) is 24.3 Å². The fraction of sp³-hybridized carbons (Fsp3) is 0.529. The lowest BCUT2D eigenvalue weighted by atomic mass is 10.2. The van der Waals surface area contributed by atoms with Crippen molar-refractivity contribution in [2.45, 2.75) is 32.4 Å². The van der Waals surface area contributed by atoms with E-state index in [1.54, 1.807) is 14.0 Å². The molecule has 24 heavy (non-hydrogen) atoms. The molecule has 1 aliphatic carbocycles. The van der Waals surface area contributed by atoms with Crippen LogP contribution in [0.2, 0.25) is 5.02 Å². The van der Waals surface area contributed by atoms with Crippen molar-refractivity contribution >= 4 is 23.7 Å². The van der Waals surface area contributed by atoms with Gasteiger partial charge >= 0.3 is 6.09 Å². The first-order chi connectivity index (χ1) is 11.6. The number of carbonyl (C=O) groups excluding carboxylic acids is 1. The Labute approximate surface area is 148 Å². The Morgan fingerprint density at radius 1 is 1.38 bits per heavy atom. The largest absolute Gasteiger partial charge is 0.450 e. The zero-order valence-electron chi connectivity index (χ0n) is 14.1. The molecule has 0 bridgehead atoms. The quantitative estimate of drug-likeness (QED) is 0.520. The zero-order valence-corrected chi connectivity index (χ0v) is 14.9. The molecule has 1 aromatic carbocycles. The molecule has 0 radical (unpaired) electrons. The van der Waals surface area contributed by atoms with Crippen LogP contribution < -0.4 is 16.0 Å². The Balaban J connectivity index is 1.81. The molecule has 1 aliphatic rings. The smallest absolute Gasteiger partial charge is 0.407 e. The molecule has 1 atom stereocenters. The summed E-state index contributed by atoms with van der Waals surface area (Å²) in [5.74, 6) is 1.18. The van der Waals surface area contributed by atoms with Crippen LogP contribution in [-0.4, -0.2) is 38.3 Å². The number of aliphatic imine (C=N–C) groups is 1. The van der Waals surface area contributed by atoms with Crippen LogP contribution in [0, 0.1) is 5.92 Å². The Hall–Kier alpha value is -1.95. The predicted molar refractivity (Wildman–Crippen MR) is 96.3 cm³/mol. The average Bonchev–Trinajstić information content (AvgIpc) is 3.40. The highest BCUT2D eigenvalue weighted by Crippen LogP contribution is 2.32. The summed E-state index contributed by atoms with van der Waals surface area (Å²) < 4.78 is 4.96. The second kappa shape index (κ2) is 9.37. The van der Waals surface area contributed by atoms with E-state index in [0.717, 1.165) is 23.4 Å². The van der Waals surface area contributed by atoms with Gasteiger partial charge in [-0.15, -0.1) is 0 Å². The summed E-state index contributed by atoms with van der Waals surface area (Å²) in [7, 11) is 1.72. The summed E-state index contributed by atoms with van der Waals surface area (Å²) in [6, 6.07) is 7.73. The number of nitrogens with one attached hydrogen (secondary N) is 3. The molecule has 1 amide bonds. The monoisotopic (exact) mass is 352 g/mol. The van der Waals surface area contributed by atoms with Crippen molar-refractivity contribution < 1.29 is 9.53 Å². The molecule has 6 nitrogen and oxygen atoms in total. The normalized spacial score (nSPS) is 15.5. The Morgan fingerprint density at radius 2 is 2.12 bits per heavy atom. The summed E-state index contributed by atoms with van der Waals surface area (Å²) in [5, 5.41) is 10.1. The van der Waals surface area contributed by atoms with E-state index >= 15 is 0 Å². The fourth-order valence-corrected chi connectivity index (χ4v) is 2.61. The third-order valence-corrected chi connectivity index (χ3v) is 4.26. The molecule has 3 N–H and O–H groups in total. The summed E-state index contributed by atoms with van der Waals surface area (Å²) >= 11 is 6.15. The Kier molecular flexibility index (Phi) is 7.18. The number of ether oxygens (including phenoxy) is 1. The van der Waals surface area contributed by atoms with Crippen LogP contribution in [0.5, 0.6) is 0 Å². The Morgan fingerprint density at radius 3 is 2.75 bits per heavy atom. The van der Waals surface area contributed by atoms with Crippen molar-refractivity contribution in [3.8, 4) is 0 Å². The van der Waals surface area contributed by atoms with Gasteiger partial charge in [0.2, 0.25) is 0 Å². The molecular weight excluding hydrogens is 328 g/mol. The second-order valence-corrected chi connectivity index (χ2v) is 6.11. The maximum atomic E-state index is 11.6. The van der Waals surface area contributed by atoms with Gasteiger partial charge in [-0.25, -0.2) is 4.79 Å². The number of nitrogens with zero attached hydrogens (tertiary/aromatic N) is 1. The Bertz CT molecular complexity index is 575. The average molecular weight is 353 g/mol. The van der Waals surface area contributed by atoms with Gasteiger partial charge in [-0.2, -0.15) is 0 Å². The van der Waals surface area contributed by atoms with Crippen LogP contribution in [-0.2, 0) is 11.3 Å². The number of carbonyl (C=O) groups is 1. The van der Waals surface area contributed by atoms with Gasteiger partial charge in [0, 0.05) is 25.2 Å². The molecule has 1 fully saturated rings. The molecule has 1 saturated carbocycles. The zero-order chi connectivity index (χ0) is 17.4. The van der Waals surface area contributed by atoms with Crippen molar-refractivity contribution in [1.82, 2.24) is 16.0 Å². The first-order valence-electron chi connectivity index (χ1n) is 8.25. The topological polar surface area (TPSA) is 74.8 Å². The summed E-state index contributed by atoms with van der Waals surface area (Å²) in [6.07, 6.45) is 1.89. The minimum atomic E-state index is -0.366. The van der Waals surface area contributed by atoms with Gasteiger partial charge in [-0.3, -0.25) is 4.99 Å². The molecule has 1 unspecified atom stereocenters. The van der Waals surface area contributed by atoms with Crippen molar-refractivity contribution in [2.24, 2.45) is 10.9 Å². The maximum Gasteiger partial charge on any atom is 0.407 e. The van der Waals surface area contributed by atoms with Crippen molar-refractivity contribution in [1.29, 1.82) is 0 Å². The van der Waals surface area contributed by atoms with Gasteiger partial charge < -0.3 is 20.7 Å². The predicted octanol–water partition coefficient (Wildman–Crippen LogP) is 2.53.